The molecule has 0 atom stereocenters. The number of nitrogens with zero attached hydrogens (tertiary/aromatic N) is 3. The lowest BCUT2D eigenvalue weighted by Crippen LogP contribution is -2.46. The Morgan fingerprint density at radius 1 is 0.875 bits per heavy atom. The molecule has 3 nitrogen and oxygen atoms in total. The van der Waals surface area contributed by atoms with Gasteiger partial charge in [0.2, 0.25) is 0 Å². The summed E-state index contributed by atoms with van der Waals surface area (Å²) in [6, 6.07) is 8.73. The molecule has 0 N–H and O–H groups in total. The van der Waals surface area contributed by atoms with E-state index < -0.39 is 0 Å². The summed E-state index contributed by atoms with van der Waals surface area (Å²) >= 11 is 1.89. The van der Waals surface area contributed by atoms with Crippen LogP contribution in [0, 0.1) is 5.41 Å². The van der Waals surface area contributed by atoms with Crippen LogP contribution in [0.2, 0.25) is 0 Å². The van der Waals surface area contributed by atoms with Crippen molar-refractivity contribution in [3.05, 3.63) is 52.5 Å². The van der Waals surface area contributed by atoms with Crippen LogP contribution >= 0.6 is 11.3 Å². The minimum atomic E-state index is 0.626. The van der Waals surface area contributed by atoms with Crippen molar-refractivity contribution >= 4 is 11.3 Å². The molecule has 2 saturated heterocycles. The molecule has 2 aliphatic rings. The number of hydrogen-bond donors (Lipinski definition) is 0. The average Bonchev–Trinajstić information content (AvgIpc) is 3.13. The Hall–Kier alpha value is -1.23. The molecule has 0 radical (unpaired) electrons. The molecule has 24 heavy (non-hydrogen) atoms. The summed E-state index contributed by atoms with van der Waals surface area (Å²) in [5.41, 5.74) is 2.02. The summed E-state index contributed by atoms with van der Waals surface area (Å²) in [6.45, 7) is 7.32. The summed E-state index contributed by atoms with van der Waals surface area (Å²) < 4.78 is 0. The highest BCUT2D eigenvalue weighted by molar-refractivity contribution is 7.09. The largest absolute Gasteiger partial charge is 0.299 e. The monoisotopic (exact) mass is 341 g/mol. The van der Waals surface area contributed by atoms with Crippen molar-refractivity contribution in [2.24, 2.45) is 5.41 Å². The summed E-state index contributed by atoms with van der Waals surface area (Å²) in [5.74, 6) is 0. The van der Waals surface area contributed by atoms with Gasteiger partial charge in [0.25, 0.3) is 0 Å². The summed E-state index contributed by atoms with van der Waals surface area (Å²) in [6.07, 6.45) is 9.35. The van der Waals surface area contributed by atoms with Crippen molar-refractivity contribution in [3.63, 3.8) is 0 Å². The fourth-order valence-corrected chi connectivity index (χ4v) is 4.99. The molecule has 0 aromatic carbocycles. The standard InChI is InChI=1S/C20H27N3S/c1-2-19(24-15-1)17-23-13-7-20(8-14-23)5-11-22(12-6-20)16-18-3-9-21-10-4-18/h1-4,9-10,15H,5-8,11-14,16-17H2. The van der Waals surface area contributed by atoms with Gasteiger partial charge < -0.3 is 0 Å². The molecule has 1 spiro atoms. The number of hydrogen-bond acceptors (Lipinski definition) is 4. The minimum Gasteiger partial charge on any atom is -0.299 e. The van der Waals surface area contributed by atoms with E-state index >= 15 is 0 Å². The Morgan fingerprint density at radius 2 is 1.50 bits per heavy atom. The fraction of sp³-hybridized carbons (Fsp3) is 0.550. The Morgan fingerprint density at radius 3 is 2.08 bits per heavy atom. The maximum atomic E-state index is 4.12. The van der Waals surface area contributed by atoms with Gasteiger partial charge in [0.05, 0.1) is 0 Å². The third kappa shape index (κ3) is 3.88. The molecule has 0 amide bonds. The maximum Gasteiger partial charge on any atom is 0.0327 e. The average molecular weight is 342 g/mol. The molecular formula is C20H27N3S. The van der Waals surface area contributed by atoms with Crippen LogP contribution < -0.4 is 0 Å². The molecule has 0 bridgehead atoms. The predicted octanol–water partition coefficient (Wildman–Crippen LogP) is 4.02. The van der Waals surface area contributed by atoms with E-state index in [4.69, 9.17) is 0 Å². The normalized spacial score (nSPS) is 22.0. The summed E-state index contributed by atoms with van der Waals surface area (Å²) in [4.78, 5) is 10.9. The van der Waals surface area contributed by atoms with Crippen LogP contribution in [0.5, 0.6) is 0 Å². The van der Waals surface area contributed by atoms with E-state index in [-0.39, 0.29) is 0 Å². The zero-order chi connectivity index (χ0) is 16.2. The van der Waals surface area contributed by atoms with Crippen molar-refractivity contribution in [1.82, 2.24) is 14.8 Å². The van der Waals surface area contributed by atoms with Gasteiger partial charge in [-0.3, -0.25) is 14.8 Å². The van der Waals surface area contributed by atoms with E-state index in [1.54, 1.807) is 0 Å². The highest BCUT2D eigenvalue weighted by Gasteiger charge is 2.37. The van der Waals surface area contributed by atoms with Crippen LogP contribution in [0.15, 0.2) is 42.0 Å². The molecule has 128 valence electrons. The van der Waals surface area contributed by atoms with Crippen molar-refractivity contribution in [2.45, 2.75) is 38.8 Å². The second kappa shape index (κ2) is 7.34. The smallest absolute Gasteiger partial charge is 0.0327 e. The Kier molecular flexibility index (Phi) is 4.97. The third-order valence-electron chi connectivity index (χ3n) is 5.95. The zero-order valence-electron chi connectivity index (χ0n) is 14.4. The number of piperidine rings is 2. The van der Waals surface area contributed by atoms with Crippen LogP contribution in [0.4, 0.5) is 0 Å². The first-order chi connectivity index (χ1) is 11.8. The van der Waals surface area contributed by atoms with Gasteiger partial charge in [0, 0.05) is 30.4 Å². The predicted molar refractivity (Wildman–Crippen MR) is 100 cm³/mol. The van der Waals surface area contributed by atoms with Crippen LogP contribution in [0.1, 0.15) is 36.1 Å². The number of pyridine rings is 1. The summed E-state index contributed by atoms with van der Waals surface area (Å²) in [7, 11) is 0. The van der Waals surface area contributed by atoms with E-state index in [0.717, 1.165) is 13.1 Å². The molecular weight excluding hydrogens is 314 g/mol. The zero-order valence-corrected chi connectivity index (χ0v) is 15.2. The van der Waals surface area contributed by atoms with Gasteiger partial charge in [-0.15, -0.1) is 11.3 Å². The minimum absolute atomic E-state index is 0.626. The maximum absolute atomic E-state index is 4.12. The summed E-state index contributed by atoms with van der Waals surface area (Å²) in [5, 5.41) is 2.19. The van der Waals surface area contributed by atoms with Gasteiger partial charge >= 0.3 is 0 Å². The van der Waals surface area contributed by atoms with Crippen LogP contribution in [0.3, 0.4) is 0 Å². The first-order valence-corrected chi connectivity index (χ1v) is 10.1. The van der Waals surface area contributed by atoms with E-state index in [2.05, 4.69) is 44.4 Å². The van der Waals surface area contributed by atoms with E-state index in [1.807, 2.05) is 23.7 Å². The first-order valence-electron chi connectivity index (χ1n) is 9.17. The lowest BCUT2D eigenvalue weighted by atomic mass is 9.71. The highest BCUT2D eigenvalue weighted by Crippen LogP contribution is 2.41. The van der Waals surface area contributed by atoms with Crippen LogP contribution in [0.25, 0.3) is 0 Å². The Labute approximate surface area is 149 Å². The van der Waals surface area contributed by atoms with Gasteiger partial charge in [-0.1, -0.05) is 6.07 Å². The lowest BCUT2D eigenvalue weighted by Gasteiger charge is -2.47. The number of rotatable bonds is 4. The van der Waals surface area contributed by atoms with Crippen molar-refractivity contribution < 1.29 is 0 Å². The molecule has 0 saturated carbocycles. The molecule has 2 fully saturated rings. The van der Waals surface area contributed by atoms with Crippen molar-refractivity contribution in [2.75, 3.05) is 26.2 Å². The molecule has 0 unspecified atom stereocenters. The Balaban J connectivity index is 1.25. The van der Waals surface area contributed by atoms with Gasteiger partial charge in [0.1, 0.15) is 0 Å². The topological polar surface area (TPSA) is 19.4 Å². The van der Waals surface area contributed by atoms with E-state index in [0.29, 0.717) is 5.41 Å². The molecule has 0 aliphatic carbocycles. The molecule has 2 aromatic rings. The number of aromatic nitrogens is 1. The van der Waals surface area contributed by atoms with Gasteiger partial charge in [0.15, 0.2) is 0 Å². The molecule has 4 heteroatoms. The SMILES string of the molecule is c1csc(CN2CCC3(CCN(Cc4ccncc4)CC3)CC2)c1. The Bertz CT molecular complexity index is 608. The molecule has 2 aromatic heterocycles. The molecule has 2 aliphatic heterocycles. The van der Waals surface area contributed by atoms with Crippen LogP contribution in [-0.2, 0) is 13.1 Å². The molecule has 4 rings (SSSR count). The highest BCUT2D eigenvalue weighted by atomic mass is 32.1. The van der Waals surface area contributed by atoms with Crippen molar-refractivity contribution in [1.29, 1.82) is 0 Å². The van der Waals surface area contributed by atoms with Gasteiger partial charge in [-0.05, 0) is 86.4 Å². The number of thiophene rings is 1. The van der Waals surface area contributed by atoms with Crippen LogP contribution in [-0.4, -0.2) is 41.0 Å². The van der Waals surface area contributed by atoms with Crippen molar-refractivity contribution in [3.8, 4) is 0 Å². The lowest BCUT2D eigenvalue weighted by molar-refractivity contribution is 0.0303. The molecule has 4 heterocycles. The third-order valence-corrected chi connectivity index (χ3v) is 6.81. The van der Waals surface area contributed by atoms with E-state index in [9.17, 15) is 0 Å². The second-order valence-corrected chi connectivity index (χ2v) is 8.52. The van der Waals surface area contributed by atoms with Gasteiger partial charge in [-0.2, -0.15) is 0 Å². The van der Waals surface area contributed by atoms with E-state index in [1.165, 1.54) is 62.3 Å². The number of likely N-dealkylation sites (tertiary alicyclic amines) is 2. The quantitative estimate of drug-likeness (QED) is 0.837. The van der Waals surface area contributed by atoms with Gasteiger partial charge in [-0.25, -0.2) is 0 Å². The second-order valence-electron chi connectivity index (χ2n) is 7.49. The fourth-order valence-electron chi connectivity index (χ4n) is 4.24. The first kappa shape index (κ1) is 16.2.